The zero-order valence-electron chi connectivity index (χ0n) is 23.8. The van der Waals surface area contributed by atoms with Gasteiger partial charge in [0.2, 0.25) is 5.91 Å². The molecule has 1 aromatic heterocycles. The van der Waals surface area contributed by atoms with Crippen LogP contribution in [-0.2, 0) is 16.1 Å². The Morgan fingerprint density at radius 2 is 1.93 bits per heavy atom. The Morgan fingerprint density at radius 1 is 1.12 bits per heavy atom. The summed E-state index contributed by atoms with van der Waals surface area (Å²) in [5.41, 5.74) is 7.32. The van der Waals surface area contributed by atoms with E-state index < -0.39 is 5.54 Å². The minimum Gasteiger partial charge on any atom is -0.445 e. The molecule has 0 radical (unpaired) electrons. The average molecular weight is 603 g/mol. The van der Waals surface area contributed by atoms with Crippen LogP contribution in [0.1, 0.15) is 76.2 Å². The summed E-state index contributed by atoms with van der Waals surface area (Å²) in [6.07, 6.45) is 6.44. The molecule has 1 unspecified atom stereocenters. The normalized spacial score (nSPS) is 18.6. The summed E-state index contributed by atoms with van der Waals surface area (Å²) in [5.74, 6) is 1.98. The number of amidine groups is 1. The minimum absolute atomic E-state index is 0.0370. The maximum absolute atomic E-state index is 13.4. The van der Waals surface area contributed by atoms with Crippen molar-refractivity contribution in [2.24, 2.45) is 10.7 Å². The molecule has 0 saturated carbocycles. The molecular formula is C30H42N4O3S3. The third kappa shape index (κ3) is 8.91. The van der Waals surface area contributed by atoms with Gasteiger partial charge in [-0.05, 0) is 82.0 Å². The number of ether oxygens (including phenoxy) is 1. The number of carbonyl (C=O) groups excluding carboxylic acids is 2. The molecule has 2 N–H and O–H groups in total. The van der Waals surface area contributed by atoms with Gasteiger partial charge in [0.25, 0.3) is 0 Å². The van der Waals surface area contributed by atoms with E-state index in [0.29, 0.717) is 25.3 Å². The van der Waals surface area contributed by atoms with Crippen LogP contribution in [0, 0.1) is 0 Å². The number of piperidine rings is 1. The number of aliphatic imine (C=N–C) groups is 1. The molecule has 40 heavy (non-hydrogen) atoms. The smallest absolute Gasteiger partial charge is 0.410 e. The number of carbonyl (C=O) groups is 2. The summed E-state index contributed by atoms with van der Waals surface area (Å²) < 4.78 is 5.81. The fraction of sp³-hybridized carbons (Fsp3) is 0.567. The van der Waals surface area contributed by atoms with E-state index in [9.17, 15) is 9.59 Å². The summed E-state index contributed by atoms with van der Waals surface area (Å²) in [6.45, 7) is 7.64. The van der Waals surface area contributed by atoms with Gasteiger partial charge in [-0.1, -0.05) is 46.2 Å². The molecule has 3 heterocycles. The lowest BCUT2D eigenvalue weighted by atomic mass is 9.96. The lowest BCUT2D eigenvalue weighted by Crippen LogP contribution is -2.55. The monoisotopic (exact) mass is 602 g/mol. The fourth-order valence-corrected chi connectivity index (χ4v) is 8.92. The van der Waals surface area contributed by atoms with Crippen molar-refractivity contribution in [3.63, 3.8) is 0 Å². The predicted molar refractivity (Wildman–Crippen MR) is 169 cm³/mol. The lowest BCUT2D eigenvalue weighted by molar-refractivity contribution is -0.133. The summed E-state index contributed by atoms with van der Waals surface area (Å²) in [4.78, 5) is 35.5. The largest absolute Gasteiger partial charge is 0.445 e. The number of nitrogens with zero attached hydrogens (tertiary/aromatic N) is 3. The molecule has 2 fully saturated rings. The van der Waals surface area contributed by atoms with Gasteiger partial charge in [0, 0.05) is 42.1 Å². The standard InChI is InChI=1S/C30H42N4O3S3/c1-30(2,3)34(24-13-16-33(17-14-24)27(35)12-5-4-10-25-15-19-39-40-25)29(36)37-21-22-8-6-9-23(20-22)32-28(31)26-11-7-18-38-26/h6-9,11,18,20,24-25H,4-5,10,12-17,19,21H2,1-3H3,(H2,31,32). The molecule has 2 amide bonds. The molecule has 1 atom stereocenters. The van der Waals surface area contributed by atoms with E-state index in [2.05, 4.69) is 4.99 Å². The number of unbranched alkanes of at least 4 members (excludes halogenated alkanes) is 1. The van der Waals surface area contributed by atoms with Crippen LogP contribution in [0.3, 0.4) is 0 Å². The second-order valence-corrected chi connectivity index (χ2v) is 15.2. The van der Waals surface area contributed by atoms with Crippen molar-refractivity contribution in [3.05, 3.63) is 52.2 Å². The zero-order chi connectivity index (χ0) is 28.5. The van der Waals surface area contributed by atoms with E-state index in [1.165, 1.54) is 18.6 Å². The van der Waals surface area contributed by atoms with Crippen molar-refractivity contribution in [1.82, 2.24) is 9.80 Å². The Kier molecular flexibility index (Phi) is 11.3. The van der Waals surface area contributed by atoms with Crippen molar-refractivity contribution in [3.8, 4) is 0 Å². The highest BCUT2D eigenvalue weighted by Crippen LogP contribution is 2.40. The Morgan fingerprint density at radius 3 is 2.60 bits per heavy atom. The van der Waals surface area contributed by atoms with Crippen molar-refractivity contribution < 1.29 is 14.3 Å². The van der Waals surface area contributed by atoms with Gasteiger partial charge >= 0.3 is 6.09 Å². The van der Waals surface area contributed by atoms with E-state index in [1.807, 2.05) is 93.9 Å². The van der Waals surface area contributed by atoms with Crippen molar-refractivity contribution in [2.45, 2.75) is 89.2 Å². The first-order chi connectivity index (χ1) is 19.2. The molecule has 4 rings (SSSR count). The van der Waals surface area contributed by atoms with Crippen molar-refractivity contribution >= 4 is 56.4 Å². The first-order valence-corrected chi connectivity index (χ1v) is 17.5. The van der Waals surface area contributed by atoms with Gasteiger partial charge in [-0.3, -0.25) is 4.79 Å². The van der Waals surface area contributed by atoms with Crippen LogP contribution in [0.2, 0.25) is 0 Å². The molecule has 2 saturated heterocycles. The number of likely N-dealkylation sites (tertiary alicyclic amines) is 1. The molecular weight excluding hydrogens is 561 g/mol. The first-order valence-electron chi connectivity index (χ1n) is 14.2. The van der Waals surface area contributed by atoms with Gasteiger partial charge < -0.3 is 20.3 Å². The van der Waals surface area contributed by atoms with E-state index in [4.69, 9.17) is 10.5 Å². The molecule has 2 aliphatic rings. The van der Waals surface area contributed by atoms with E-state index >= 15 is 0 Å². The van der Waals surface area contributed by atoms with Crippen LogP contribution in [0.25, 0.3) is 0 Å². The van der Waals surface area contributed by atoms with E-state index in [0.717, 1.165) is 47.1 Å². The maximum Gasteiger partial charge on any atom is 0.410 e. The molecule has 0 aliphatic carbocycles. The summed E-state index contributed by atoms with van der Waals surface area (Å²) in [5, 5.41) is 2.74. The Bertz CT molecular complexity index is 1140. The van der Waals surface area contributed by atoms with Gasteiger partial charge in [0.1, 0.15) is 12.4 Å². The zero-order valence-corrected chi connectivity index (χ0v) is 26.3. The summed E-state index contributed by atoms with van der Waals surface area (Å²) in [6, 6.07) is 11.5. The number of hydrogen-bond acceptors (Lipinski definition) is 7. The number of benzene rings is 1. The van der Waals surface area contributed by atoms with Crippen molar-refractivity contribution in [1.29, 1.82) is 0 Å². The summed E-state index contributed by atoms with van der Waals surface area (Å²) in [7, 11) is 3.99. The van der Waals surface area contributed by atoms with Gasteiger partial charge in [-0.25, -0.2) is 9.79 Å². The number of amides is 2. The van der Waals surface area contributed by atoms with Crippen LogP contribution in [0.4, 0.5) is 10.5 Å². The molecule has 2 aromatic rings. The second-order valence-electron chi connectivity index (χ2n) is 11.4. The van der Waals surface area contributed by atoms with Gasteiger partial charge in [-0.15, -0.1) is 11.3 Å². The Hall–Kier alpha value is -2.17. The Balaban J connectivity index is 1.26. The van der Waals surface area contributed by atoms with Crippen LogP contribution >= 0.6 is 32.9 Å². The molecule has 1 aromatic carbocycles. The first kappa shape index (κ1) is 30.8. The molecule has 7 nitrogen and oxygen atoms in total. The summed E-state index contributed by atoms with van der Waals surface area (Å²) >= 11 is 1.54. The number of thiophene rings is 1. The third-order valence-corrected chi connectivity index (χ3v) is 11.2. The van der Waals surface area contributed by atoms with Crippen LogP contribution in [-0.4, -0.2) is 63.3 Å². The van der Waals surface area contributed by atoms with E-state index in [1.54, 1.807) is 11.3 Å². The Labute approximate surface area is 250 Å². The van der Waals surface area contributed by atoms with Gasteiger partial charge in [0.15, 0.2) is 0 Å². The van der Waals surface area contributed by atoms with Crippen LogP contribution < -0.4 is 5.73 Å². The van der Waals surface area contributed by atoms with E-state index in [-0.39, 0.29) is 24.6 Å². The molecule has 2 aliphatic heterocycles. The van der Waals surface area contributed by atoms with Gasteiger partial charge in [-0.2, -0.15) is 0 Å². The van der Waals surface area contributed by atoms with Crippen molar-refractivity contribution in [2.75, 3.05) is 18.8 Å². The highest BCUT2D eigenvalue weighted by Gasteiger charge is 2.37. The predicted octanol–water partition coefficient (Wildman–Crippen LogP) is 7.23. The van der Waals surface area contributed by atoms with Crippen LogP contribution in [0.5, 0.6) is 0 Å². The topological polar surface area (TPSA) is 88.2 Å². The van der Waals surface area contributed by atoms with Gasteiger partial charge in [0.05, 0.1) is 10.6 Å². The second kappa shape index (κ2) is 14.6. The van der Waals surface area contributed by atoms with Crippen LogP contribution in [0.15, 0.2) is 46.8 Å². The number of rotatable bonds is 10. The SMILES string of the molecule is CC(C)(C)N(C(=O)OCc1cccc(N=C(N)c2cccs2)c1)C1CCN(C(=O)CCCCC2CCSS2)CC1. The minimum atomic E-state index is -0.397. The fourth-order valence-electron chi connectivity index (χ4n) is 5.26. The maximum atomic E-state index is 13.4. The highest BCUT2D eigenvalue weighted by atomic mass is 33.1. The third-order valence-electron chi connectivity index (χ3n) is 7.29. The number of hydrogen-bond donors (Lipinski definition) is 1. The highest BCUT2D eigenvalue weighted by molar-refractivity contribution is 8.77. The number of nitrogens with two attached hydrogens (primary N) is 1. The quantitative estimate of drug-likeness (QED) is 0.134. The molecule has 10 heteroatoms. The molecule has 0 bridgehead atoms. The molecule has 0 spiro atoms. The molecule has 218 valence electrons. The lowest BCUT2D eigenvalue weighted by Gasteiger charge is -2.44. The average Bonchev–Trinajstić information content (AvgIpc) is 3.65.